The molecular formula is C12H18N4O. The van der Waals surface area contributed by atoms with Crippen molar-refractivity contribution < 1.29 is 4.79 Å². The Morgan fingerprint density at radius 2 is 2.29 bits per heavy atom. The van der Waals surface area contributed by atoms with Crippen LogP contribution in [-0.4, -0.2) is 21.6 Å². The molecule has 1 rings (SSSR count). The van der Waals surface area contributed by atoms with Crippen LogP contribution in [0.15, 0.2) is 0 Å². The van der Waals surface area contributed by atoms with E-state index in [1.165, 1.54) is 0 Å². The predicted octanol–water partition coefficient (Wildman–Crippen LogP) is 1.09. The second kappa shape index (κ2) is 4.91. The van der Waals surface area contributed by atoms with E-state index in [9.17, 15) is 4.79 Å². The van der Waals surface area contributed by atoms with Gasteiger partial charge in [0, 0.05) is 0 Å². The van der Waals surface area contributed by atoms with Gasteiger partial charge in [-0.15, -0.1) is 6.42 Å². The molecule has 0 saturated carbocycles. The number of nitrogens with zero attached hydrogens (tertiary/aromatic N) is 1. The number of H-pyrrole nitrogens is 1. The molecule has 0 aliphatic carbocycles. The number of hydrogen-bond acceptors (Lipinski definition) is 3. The van der Waals surface area contributed by atoms with Crippen molar-refractivity contribution in [2.75, 3.05) is 5.73 Å². The van der Waals surface area contributed by atoms with Gasteiger partial charge in [-0.25, -0.2) is 0 Å². The van der Waals surface area contributed by atoms with Crippen molar-refractivity contribution in [3.8, 4) is 12.3 Å². The molecule has 0 unspecified atom stereocenters. The van der Waals surface area contributed by atoms with Crippen LogP contribution in [0.5, 0.6) is 0 Å². The minimum Gasteiger partial charge on any atom is -0.395 e. The molecule has 0 aliphatic heterocycles. The third-order valence-corrected chi connectivity index (χ3v) is 2.38. The fourth-order valence-electron chi connectivity index (χ4n) is 1.38. The first kappa shape index (κ1) is 13.1. The van der Waals surface area contributed by atoms with Gasteiger partial charge in [-0.3, -0.25) is 9.89 Å². The quantitative estimate of drug-likeness (QED) is 0.682. The maximum atomic E-state index is 11.9. The zero-order chi connectivity index (χ0) is 13.1. The molecule has 0 bridgehead atoms. The summed E-state index contributed by atoms with van der Waals surface area (Å²) in [6.07, 6.45) is 7.00. The molecule has 4 N–H and O–H groups in total. The van der Waals surface area contributed by atoms with E-state index in [1.807, 2.05) is 6.92 Å². The first-order chi connectivity index (χ1) is 7.91. The minimum atomic E-state index is -0.715. The molecule has 0 spiro atoms. The Balaban J connectivity index is 2.88. The van der Waals surface area contributed by atoms with Crippen LogP contribution in [0.25, 0.3) is 0 Å². The summed E-state index contributed by atoms with van der Waals surface area (Å²) in [5, 5.41) is 9.38. The van der Waals surface area contributed by atoms with Gasteiger partial charge in [-0.2, -0.15) is 5.10 Å². The van der Waals surface area contributed by atoms with E-state index in [0.717, 1.165) is 18.5 Å². The van der Waals surface area contributed by atoms with Crippen LogP contribution in [-0.2, 0) is 6.42 Å². The van der Waals surface area contributed by atoms with E-state index < -0.39 is 5.54 Å². The summed E-state index contributed by atoms with van der Waals surface area (Å²) < 4.78 is 0. The molecule has 0 saturated heterocycles. The van der Waals surface area contributed by atoms with Crippen molar-refractivity contribution >= 4 is 11.6 Å². The number of amides is 1. The van der Waals surface area contributed by atoms with Crippen LogP contribution in [0.4, 0.5) is 5.69 Å². The summed E-state index contributed by atoms with van der Waals surface area (Å²) in [6.45, 7) is 5.50. The second-order valence-electron chi connectivity index (χ2n) is 4.44. The third-order valence-electron chi connectivity index (χ3n) is 2.38. The van der Waals surface area contributed by atoms with E-state index in [-0.39, 0.29) is 11.6 Å². The number of aromatic amines is 1. The van der Waals surface area contributed by atoms with Crippen molar-refractivity contribution in [1.82, 2.24) is 15.5 Å². The standard InChI is InChI=1S/C12H18N4O/c1-5-7-8-9(13)10(16-15-8)11(17)14-12(3,4)6-2/h2H,5,7,13H2,1,3-4H3,(H,14,17)(H,15,16). The normalized spacial score (nSPS) is 10.9. The summed E-state index contributed by atoms with van der Waals surface area (Å²) in [7, 11) is 0. The molecule has 1 amide bonds. The van der Waals surface area contributed by atoms with Crippen LogP contribution in [0.3, 0.4) is 0 Å². The highest BCUT2D eigenvalue weighted by Gasteiger charge is 2.22. The van der Waals surface area contributed by atoms with Crippen molar-refractivity contribution in [3.63, 3.8) is 0 Å². The predicted molar refractivity (Wildman–Crippen MR) is 67.4 cm³/mol. The Hall–Kier alpha value is -1.96. The Bertz CT molecular complexity index is 454. The topological polar surface area (TPSA) is 83.8 Å². The molecule has 0 atom stereocenters. The number of anilines is 1. The van der Waals surface area contributed by atoms with E-state index >= 15 is 0 Å². The van der Waals surface area contributed by atoms with Gasteiger partial charge in [0.15, 0.2) is 5.69 Å². The molecule has 0 aliphatic rings. The lowest BCUT2D eigenvalue weighted by molar-refractivity contribution is 0.0925. The molecule has 92 valence electrons. The summed E-state index contributed by atoms with van der Waals surface area (Å²) in [5.41, 5.74) is 6.52. The second-order valence-corrected chi connectivity index (χ2v) is 4.44. The lowest BCUT2D eigenvalue weighted by Crippen LogP contribution is -2.42. The first-order valence-corrected chi connectivity index (χ1v) is 5.54. The number of nitrogens with two attached hydrogens (primary N) is 1. The number of hydrogen-bond donors (Lipinski definition) is 3. The summed E-state index contributed by atoms with van der Waals surface area (Å²) >= 11 is 0. The summed E-state index contributed by atoms with van der Waals surface area (Å²) in [6, 6.07) is 0. The Kier molecular flexibility index (Phi) is 3.79. The molecule has 1 heterocycles. The summed E-state index contributed by atoms with van der Waals surface area (Å²) in [5.74, 6) is 2.13. The van der Waals surface area contributed by atoms with Crippen molar-refractivity contribution in [2.24, 2.45) is 0 Å². The monoisotopic (exact) mass is 234 g/mol. The summed E-state index contributed by atoms with van der Waals surface area (Å²) in [4.78, 5) is 11.9. The van der Waals surface area contributed by atoms with Crippen molar-refractivity contribution in [2.45, 2.75) is 39.2 Å². The van der Waals surface area contributed by atoms with E-state index in [1.54, 1.807) is 13.8 Å². The molecule has 1 aromatic heterocycles. The highest BCUT2D eigenvalue weighted by molar-refractivity contribution is 5.98. The fraction of sp³-hybridized carbons (Fsp3) is 0.500. The van der Waals surface area contributed by atoms with Gasteiger partial charge in [0.2, 0.25) is 0 Å². The van der Waals surface area contributed by atoms with Crippen LogP contribution in [0.2, 0.25) is 0 Å². The van der Waals surface area contributed by atoms with E-state index in [2.05, 4.69) is 21.4 Å². The maximum absolute atomic E-state index is 11.9. The highest BCUT2D eigenvalue weighted by atomic mass is 16.2. The van der Waals surface area contributed by atoms with Gasteiger partial charge in [0.25, 0.3) is 5.91 Å². The van der Waals surface area contributed by atoms with E-state index in [4.69, 9.17) is 12.2 Å². The number of rotatable bonds is 4. The Labute approximate surface area is 101 Å². The highest BCUT2D eigenvalue weighted by Crippen LogP contribution is 2.16. The third kappa shape index (κ3) is 3.00. The van der Waals surface area contributed by atoms with Crippen LogP contribution in [0.1, 0.15) is 43.4 Å². The van der Waals surface area contributed by atoms with Gasteiger partial charge in [-0.05, 0) is 20.3 Å². The molecule has 0 fully saturated rings. The van der Waals surface area contributed by atoms with Crippen LogP contribution < -0.4 is 11.1 Å². The zero-order valence-corrected chi connectivity index (χ0v) is 10.4. The average molecular weight is 234 g/mol. The molecule has 1 aromatic rings. The molecule has 5 nitrogen and oxygen atoms in total. The fourth-order valence-corrected chi connectivity index (χ4v) is 1.38. The van der Waals surface area contributed by atoms with Gasteiger partial charge < -0.3 is 11.1 Å². The molecule has 0 aromatic carbocycles. The average Bonchev–Trinajstić information content (AvgIpc) is 2.61. The van der Waals surface area contributed by atoms with Gasteiger partial charge in [-0.1, -0.05) is 19.3 Å². The number of carbonyl (C=O) groups excluding carboxylic acids is 1. The molecule has 5 heteroatoms. The molecule has 17 heavy (non-hydrogen) atoms. The Morgan fingerprint density at radius 3 is 2.82 bits per heavy atom. The number of carbonyl (C=O) groups is 1. The minimum absolute atomic E-state index is 0.205. The van der Waals surface area contributed by atoms with Gasteiger partial charge in [0.05, 0.1) is 16.9 Å². The number of aryl methyl sites for hydroxylation is 1. The lowest BCUT2D eigenvalue weighted by Gasteiger charge is -2.18. The van der Waals surface area contributed by atoms with Crippen molar-refractivity contribution in [1.29, 1.82) is 0 Å². The zero-order valence-electron chi connectivity index (χ0n) is 10.4. The number of terminal acetylenes is 1. The smallest absolute Gasteiger partial charge is 0.275 e. The SMILES string of the molecule is C#CC(C)(C)NC(=O)c1n[nH]c(CCC)c1N. The first-order valence-electron chi connectivity index (χ1n) is 5.54. The van der Waals surface area contributed by atoms with Crippen LogP contribution >= 0.6 is 0 Å². The van der Waals surface area contributed by atoms with Crippen LogP contribution in [0, 0.1) is 12.3 Å². The van der Waals surface area contributed by atoms with Gasteiger partial charge >= 0.3 is 0 Å². The largest absolute Gasteiger partial charge is 0.395 e. The Morgan fingerprint density at radius 1 is 1.65 bits per heavy atom. The number of nitrogen functional groups attached to an aromatic ring is 1. The van der Waals surface area contributed by atoms with Crippen molar-refractivity contribution in [3.05, 3.63) is 11.4 Å². The lowest BCUT2D eigenvalue weighted by atomic mass is 10.1. The maximum Gasteiger partial charge on any atom is 0.275 e. The van der Waals surface area contributed by atoms with Gasteiger partial charge in [0.1, 0.15) is 0 Å². The number of nitrogens with one attached hydrogen (secondary N) is 2. The number of aromatic nitrogens is 2. The molecule has 0 radical (unpaired) electrons. The van der Waals surface area contributed by atoms with E-state index in [0.29, 0.717) is 5.69 Å². The molecular weight excluding hydrogens is 216 g/mol.